The Labute approximate surface area is 131 Å². The number of para-hydroxylation sites is 1. The zero-order valence-corrected chi connectivity index (χ0v) is 13.5. The molecule has 0 aromatic heterocycles. The number of hydrogen-bond acceptors (Lipinski definition) is 3. The number of nitrogens with one attached hydrogen (secondary N) is 2. The summed E-state index contributed by atoms with van der Waals surface area (Å²) in [6, 6.07) is 7.94. The van der Waals surface area contributed by atoms with E-state index in [1.807, 2.05) is 43.0 Å². The van der Waals surface area contributed by atoms with Crippen molar-refractivity contribution in [3.8, 4) is 0 Å². The fourth-order valence-electron chi connectivity index (χ4n) is 2.61. The van der Waals surface area contributed by atoms with Crippen LogP contribution >= 0.6 is 11.8 Å². The molecule has 116 valence electrons. The van der Waals surface area contributed by atoms with Gasteiger partial charge in [0.05, 0.1) is 6.61 Å². The summed E-state index contributed by atoms with van der Waals surface area (Å²) in [4.78, 5) is 12.1. The van der Waals surface area contributed by atoms with E-state index in [4.69, 9.17) is 4.74 Å². The molecule has 0 unspecified atom stereocenters. The van der Waals surface area contributed by atoms with Crippen molar-refractivity contribution in [1.82, 2.24) is 5.32 Å². The van der Waals surface area contributed by atoms with Crippen molar-refractivity contribution in [2.75, 3.05) is 18.2 Å². The molecule has 1 saturated carbocycles. The number of benzene rings is 1. The second-order valence-electron chi connectivity index (χ2n) is 5.26. The number of rotatable bonds is 6. The Hall–Kier alpha value is -1.20. The SMILES string of the molecule is CCOCc1ccccc1NC(=O)N[C@@H]1CC[C@@H](SC)C1. The summed E-state index contributed by atoms with van der Waals surface area (Å²) in [7, 11) is 0. The van der Waals surface area contributed by atoms with Gasteiger partial charge in [0, 0.05) is 29.1 Å². The molecule has 21 heavy (non-hydrogen) atoms. The predicted octanol–water partition coefficient (Wildman–Crippen LogP) is 3.63. The number of anilines is 1. The van der Waals surface area contributed by atoms with Gasteiger partial charge in [-0.2, -0.15) is 11.8 Å². The van der Waals surface area contributed by atoms with E-state index in [1.165, 1.54) is 6.42 Å². The summed E-state index contributed by atoms with van der Waals surface area (Å²) < 4.78 is 5.43. The zero-order chi connectivity index (χ0) is 15.1. The van der Waals surface area contributed by atoms with Gasteiger partial charge < -0.3 is 15.4 Å². The van der Waals surface area contributed by atoms with Crippen molar-refractivity contribution in [2.45, 2.75) is 44.1 Å². The molecule has 1 aromatic rings. The summed E-state index contributed by atoms with van der Waals surface area (Å²) in [6.07, 6.45) is 5.46. The summed E-state index contributed by atoms with van der Waals surface area (Å²) >= 11 is 1.89. The van der Waals surface area contributed by atoms with Crippen LogP contribution in [0.2, 0.25) is 0 Å². The van der Waals surface area contributed by atoms with E-state index >= 15 is 0 Å². The number of carbonyl (C=O) groups is 1. The van der Waals surface area contributed by atoms with E-state index in [1.54, 1.807) is 0 Å². The van der Waals surface area contributed by atoms with Crippen molar-refractivity contribution >= 4 is 23.5 Å². The van der Waals surface area contributed by atoms with Gasteiger partial charge in [0.1, 0.15) is 0 Å². The smallest absolute Gasteiger partial charge is 0.319 e. The van der Waals surface area contributed by atoms with E-state index in [-0.39, 0.29) is 6.03 Å². The van der Waals surface area contributed by atoms with Crippen molar-refractivity contribution in [3.05, 3.63) is 29.8 Å². The normalized spacial score (nSPS) is 21.2. The van der Waals surface area contributed by atoms with Crippen LogP contribution in [0.1, 0.15) is 31.7 Å². The number of amides is 2. The molecule has 0 aliphatic heterocycles. The van der Waals surface area contributed by atoms with E-state index in [0.717, 1.165) is 24.1 Å². The lowest BCUT2D eigenvalue weighted by atomic mass is 10.2. The summed E-state index contributed by atoms with van der Waals surface area (Å²) in [5.41, 5.74) is 1.82. The fourth-order valence-corrected chi connectivity index (χ4v) is 3.41. The van der Waals surface area contributed by atoms with Gasteiger partial charge in [0.2, 0.25) is 0 Å². The lowest BCUT2D eigenvalue weighted by molar-refractivity contribution is 0.134. The lowest BCUT2D eigenvalue weighted by Gasteiger charge is -2.15. The summed E-state index contributed by atoms with van der Waals surface area (Å²) in [5.74, 6) is 0. The molecule has 2 amide bonds. The highest BCUT2D eigenvalue weighted by atomic mass is 32.2. The largest absolute Gasteiger partial charge is 0.377 e. The van der Waals surface area contributed by atoms with Crippen LogP contribution in [0.4, 0.5) is 10.5 Å². The second kappa shape index (κ2) is 8.29. The summed E-state index contributed by atoms with van der Waals surface area (Å²) in [5, 5.41) is 6.69. The van der Waals surface area contributed by atoms with Gasteiger partial charge in [0.15, 0.2) is 0 Å². The van der Waals surface area contributed by atoms with Crippen molar-refractivity contribution < 1.29 is 9.53 Å². The lowest BCUT2D eigenvalue weighted by Crippen LogP contribution is -2.36. The first kappa shape index (κ1) is 16.2. The van der Waals surface area contributed by atoms with Gasteiger partial charge in [-0.25, -0.2) is 4.79 Å². The molecule has 2 N–H and O–H groups in total. The van der Waals surface area contributed by atoms with Gasteiger partial charge in [-0.15, -0.1) is 0 Å². The van der Waals surface area contributed by atoms with Crippen LogP contribution in [0.15, 0.2) is 24.3 Å². The second-order valence-corrected chi connectivity index (χ2v) is 6.40. The highest BCUT2D eigenvalue weighted by Crippen LogP contribution is 2.28. The number of ether oxygens (including phenoxy) is 1. The van der Waals surface area contributed by atoms with Gasteiger partial charge in [-0.05, 0) is 38.5 Å². The maximum absolute atomic E-state index is 12.1. The Morgan fingerprint density at radius 3 is 2.90 bits per heavy atom. The molecule has 1 aliphatic carbocycles. The molecule has 0 bridgehead atoms. The van der Waals surface area contributed by atoms with Crippen LogP contribution in [0, 0.1) is 0 Å². The number of thioether (sulfide) groups is 1. The first-order valence-electron chi connectivity index (χ1n) is 7.49. The van der Waals surface area contributed by atoms with Crippen molar-refractivity contribution in [1.29, 1.82) is 0 Å². The molecule has 0 heterocycles. The number of hydrogen-bond donors (Lipinski definition) is 2. The molecule has 4 nitrogen and oxygen atoms in total. The standard InChI is InChI=1S/C16H24N2O2S/c1-3-20-11-12-6-4-5-7-15(12)18-16(19)17-13-8-9-14(10-13)21-2/h4-7,13-14H,3,8-11H2,1-2H3,(H2,17,18,19)/t13-,14-/m1/s1. The van der Waals surface area contributed by atoms with Crippen LogP contribution in [-0.4, -0.2) is 30.2 Å². The Kier molecular flexibility index (Phi) is 6.39. The zero-order valence-electron chi connectivity index (χ0n) is 12.7. The topological polar surface area (TPSA) is 50.4 Å². The van der Waals surface area contributed by atoms with Crippen LogP contribution in [0.25, 0.3) is 0 Å². The van der Waals surface area contributed by atoms with Gasteiger partial charge in [-0.1, -0.05) is 18.2 Å². The van der Waals surface area contributed by atoms with E-state index in [9.17, 15) is 4.79 Å². The fraction of sp³-hybridized carbons (Fsp3) is 0.562. The van der Waals surface area contributed by atoms with Gasteiger partial charge in [-0.3, -0.25) is 0 Å². The summed E-state index contributed by atoms with van der Waals surface area (Å²) in [6.45, 7) is 3.15. The molecule has 5 heteroatoms. The third kappa shape index (κ3) is 4.93. The Morgan fingerprint density at radius 1 is 1.38 bits per heavy atom. The maximum atomic E-state index is 12.1. The Morgan fingerprint density at radius 2 is 2.19 bits per heavy atom. The van der Waals surface area contributed by atoms with Gasteiger partial charge in [0.25, 0.3) is 0 Å². The Balaban J connectivity index is 1.87. The molecule has 2 rings (SSSR count). The molecule has 2 atom stereocenters. The minimum absolute atomic E-state index is 0.120. The van der Waals surface area contributed by atoms with Crippen LogP contribution in [0.3, 0.4) is 0 Å². The first-order valence-corrected chi connectivity index (χ1v) is 8.77. The minimum Gasteiger partial charge on any atom is -0.377 e. The third-order valence-corrected chi connectivity index (χ3v) is 4.88. The molecule has 1 aliphatic rings. The van der Waals surface area contributed by atoms with E-state index < -0.39 is 0 Å². The van der Waals surface area contributed by atoms with Gasteiger partial charge >= 0.3 is 6.03 Å². The third-order valence-electron chi connectivity index (χ3n) is 3.78. The highest BCUT2D eigenvalue weighted by molar-refractivity contribution is 7.99. The molecule has 0 saturated heterocycles. The van der Waals surface area contributed by atoms with Crippen LogP contribution in [0.5, 0.6) is 0 Å². The average molecular weight is 308 g/mol. The van der Waals surface area contributed by atoms with E-state index in [0.29, 0.717) is 24.5 Å². The van der Waals surface area contributed by atoms with Crippen LogP contribution < -0.4 is 10.6 Å². The first-order chi connectivity index (χ1) is 10.2. The van der Waals surface area contributed by atoms with E-state index in [2.05, 4.69) is 16.9 Å². The number of urea groups is 1. The minimum atomic E-state index is -0.120. The quantitative estimate of drug-likeness (QED) is 0.844. The monoisotopic (exact) mass is 308 g/mol. The number of carbonyl (C=O) groups excluding carboxylic acids is 1. The predicted molar refractivity (Wildman–Crippen MR) is 88.9 cm³/mol. The highest BCUT2D eigenvalue weighted by Gasteiger charge is 2.25. The molecule has 1 aromatic carbocycles. The molecule has 0 radical (unpaired) electrons. The molecular weight excluding hydrogens is 284 g/mol. The van der Waals surface area contributed by atoms with Crippen LogP contribution in [-0.2, 0) is 11.3 Å². The van der Waals surface area contributed by atoms with Crippen molar-refractivity contribution in [3.63, 3.8) is 0 Å². The maximum Gasteiger partial charge on any atom is 0.319 e. The molecular formula is C16H24N2O2S. The Bertz CT molecular complexity index is 467. The molecule has 0 spiro atoms. The molecule has 1 fully saturated rings. The average Bonchev–Trinajstić information content (AvgIpc) is 2.94. The van der Waals surface area contributed by atoms with Crippen molar-refractivity contribution in [2.24, 2.45) is 0 Å².